The van der Waals surface area contributed by atoms with Crippen molar-refractivity contribution in [3.05, 3.63) is 6.33 Å². The van der Waals surface area contributed by atoms with Crippen LogP contribution in [0, 0.1) is 5.41 Å². The van der Waals surface area contributed by atoms with E-state index in [-0.39, 0.29) is 18.2 Å². The van der Waals surface area contributed by atoms with Crippen LogP contribution in [0.1, 0.15) is 32.7 Å². The van der Waals surface area contributed by atoms with Gasteiger partial charge in [-0.25, -0.2) is 0 Å². The van der Waals surface area contributed by atoms with Gasteiger partial charge in [0.15, 0.2) is 5.16 Å². The molecule has 0 aliphatic heterocycles. The van der Waals surface area contributed by atoms with E-state index in [1.165, 1.54) is 11.8 Å². The quantitative estimate of drug-likeness (QED) is 0.727. The van der Waals surface area contributed by atoms with Crippen molar-refractivity contribution in [2.24, 2.45) is 5.41 Å². The summed E-state index contributed by atoms with van der Waals surface area (Å²) >= 11 is 1.32. The van der Waals surface area contributed by atoms with E-state index in [9.17, 15) is 9.59 Å². The summed E-state index contributed by atoms with van der Waals surface area (Å²) in [6.07, 6.45) is 3.95. The Kier molecular flexibility index (Phi) is 4.32. The van der Waals surface area contributed by atoms with Crippen LogP contribution in [0.2, 0.25) is 0 Å². The highest BCUT2D eigenvalue weighted by molar-refractivity contribution is 7.99. The van der Waals surface area contributed by atoms with Gasteiger partial charge in [0.25, 0.3) is 0 Å². The normalized spacial score (nSPS) is 15.1. The molecule has 1 aromatic rings. The minimum Gasteiger partial charge on any atom is -0.481 e. The van der Waals surface area contributed by atoms with Crippen LogP contribution >= 0.6 is 11.8 Å². The van der Waals surface area contributed by atoms with Gasteiger partial charge in [0, 0.05) is 12.6 Å². The molecule has 0 unspecified atom stereocenters. The fourth-order valence-electron chi connectivity index (χ4n) is 1.51. The highest BCUT2D eigenvalue weighted by Crippen LogP contribution is 2.37. The summed E-state index contributed by atoms with van der Waals surface area (Å²) in [6, 6.07) is 0.474. The maximum atomic E-state index is 11.7. The zero-order valence-electron chi connectivity index (χ0n) is 11.5. The van der Waals surface area contributed by atoms with Crippen molar-refractivity contribution < 1.29 is 14.7 Å². The van der Waals surface area contributed by atoms with Gasteiger partial charge in [-0.05, 0) is 26.7 Å². The van der Waals surface area contributed by atoms with Gasteiger partial charge in [0.05, 0.1) is 11.2 Å². The summed E-state index contributed by atoms with van der Waals surface area (Å²) in [4.78, 5) is 22.6. The lowest BCUT2D eigenvalue weighted by Gasteiger charge is -2.19. The van der Waals surface area contributed by atoms with Gasteiger partial charge >= 0.3 is 5.97 Å². The number of rotatable bonds is 7. The van der Waals surface area contributed by atoms with Crippen molar-refractivity contribution in [2.45, 2.75) is 37.9 Å². The van der Waals surface area contributed by atoms with Crippen LogP contribution in [-0.4, -0.2) is 44.0 Å². The number of amides is 1. The summed E-state index contributed by atoms with van der Waals surface area (Å²) in [7, 11) is 0. The third kappa shape index (κ3) is 3.72. The van der Waals surface area contributed by atoms with E-state index in [0.29, 0.717) is 6.04 Å². The van der Waals surface area contributed by atoms with Crippen molar-refractivity contribution in [3.8, 4) is 0 Å². The molecule has 0 radical (unpaired) electrons. The highest BCUT2D eigenvalue weighted by Gasteiger charge is 2.28. The molecule has 8 heteroatoms. The number of hydrogen-bond acceptors (Lipinski definition) is 5. The first-order valence-electron chi connectivity index (χ1n) is 6.42. The van der Waals surface area contributed by atoms with Gasteiger partial charge in [-0.1, -0.05) is 11.8 Å². The molecule has 1 fully saturated rings. The maximum absolute atomic E-state index is 11.7. The summed E-state index contributed by atoms with van der Waals surface area (Å²) in [5.41, 5.74) is -0.964. The molecule has 110 valence electrons. The number of carboxylic acids is 1. The Hall–Kier alpha value is -1.57. The molecule has 1 amide bonds. The molecule has 1 aliphatic carbocycles. The fraction of sp³-hybridized carbons (Fsp3) is 0.667. The molecule has 0 spiro atoms. The number of carbonyl (C=O) groups excluding carboxylic acids is 1. The van der Waals surface area contributed by atoms with E-state index in [0.717, 1.165) is 18.0 Å². The van der Waals surface area contributed by atoms with Gasteiger partial charge in [-0.3, -0.25) is 9.59 Å². The van der Waals surface area contributed by atoms with Crippen molar-refractivity contribution in [1.82, 2.24) is 20.1 Å². The van der Waals surface area contributed by atoms with Gasteiger partial charge in [0.1, 0.15) is 6.33 Å². The third-order valence-electron chi connectivity index (χ3n) is 3.12. The monoisotopic (exact) mass is 298 g/mol. The first kappa shape index (κ1) is 14.8. The first-order valence-corrected chi connectivity index (χ1v) is 7.41. The van der Waals surface area contributed by atoms with E-state index in [1.54, 1.807) is 20.2 Å². The lowest BCUT2D eigenvalue weighted by Crippen LogP contribution is -2.39. The highest BCUT2D eigenvalue weighted by atomic mass is 32.2. The molecule has 0 atom stereocenters. The van der Waals surface area contributed by atoms with E-state index in [2.05, 4.69) is 15.5 Å². The van der Waals surface area contributed by atoms with Crippen LogP contribution in [-0.2, 0) is 9.59 Å². The molecule has 1 saturated carbocycles. The second kappa shape index (κ2) is 5.82. The van der Waals surface area contributed by atoms with Crippen LogP contribution in [0.25, 0.3) is 0 Å². The third-order valence-corrected chi connectivity index (χ3v) is 4.08. The topological polar surface area (TPSA) is 97.1 Å². The van der Waals surface area contributed by atoms with E-state index >= 15 is 0 Å². The Morgan fingerprint density at radius 2 is 2.25 bits per heavy atom. The molecular formula is C12H18N4O3S. The van der Waals surface area contributed by atoms with Gasteiger partial charge in [0.2, 0.25) is 5.91 Å². The Balaban J connectivity index is 1.77. The number of nitrogens with zero attached hydrogens (tertiary/aromatic N) is 3. The van der Waals surface area contributed by atoms with Crippen molar-refractivity contribution in [1.29, 1.82) is 0 Å². The number of nitrogens with one attached hydrogen (secondary N) is 1. The smallest absolute Gasteiger partial charge is 0.310 e. The number of carboxylic acid groups (broad SMARTS) is 1. The Bertz CT molecular complexity index is 511. The zero-order chi connectivity index (χ0) is 14.8. The van der Waals surface area contributed by atoms with Gasteiger partial charge in [-0.15, -0.1) is 10.2 Å². The Morgan fingerprint density at radius 3 is 2.85 bits per heavy atom. The molecule has 1 heterocycles. The van der Waals surface area contributed by atoms with Crippen LogP contribution in [0.5, 0.6) is 0 Å². The van der Waals surface area contributed by atoms with Crippen molar-refractivity contribution in [3.63, 3.8) is 0 Å². The van der Waals surface area contributed by atoms with Crippen molar-refractivity contribution in [2.75, 3.05) is 12.3 Å². The molecule has 0 saturated heterocycles. The van der Waals surface area contributed by atoms with Crippen LogP contribution in [0.15, 0.2) is 11.5 Å². The zero-order valence-corrected chi connectivity index (χ0v) is 12.3. The number of carbonyl (C=O) groups is 2. The van der Waals surface area contributed by atoms with Crippen LogP contribution < -0.4 is 5.32 Å². The molecule has 0 aromatic carbocycles. The number of aromatic nitrogens is 3. The Labute approximate surface area is 121 Å². The van der Waals surface area contributed by atoms with Gasteiger partial charge < -0.3 is 15.0 Å². The first-order chi connectivity index (χ1) is 9.40. The minimum absolute atomic E-state index is 0.108. The number of aliphatic carboxylic acids is 1. The van der Waals surface area contributed by atoms with E-state index in [1.807, 2.05) is 4.57 Å². The second-order valence-electron chi connectivity index (χ2n) is 5.51. The largest absolute Gasteiger partial charge is 0.481 e. The summed E-state index contributed by atoms with van der Waals surface area (Å²) in [5.74, 6) is -0.921. The standard InChI is InChI=1S/C12H18N4O3S/c1-12(2,10(18)19)6-13-9(17)5-20-11-15-14-7-16(11)8-3-4-8/h7-8H,3-6H2,1-2H3,(H,13,17)(H,18,19). The SMILES string of the molecule is CC(C)(CNC(=O)CSc1nncn1C1CC1)C(=O)O. The average molecular weight is 298 g/mol. The average Bonchev–Trinajstić information content (AvgIpc) is 3.13. The number of thioether (sulfide) groups is 1. The van der Waals surface area contributed by atoms with Crippen LogP contribution in [0.3, 0.4) is 0 Å². The molecule has 0 bridgehead atoms. The lowest BCUT2D eigenvalue weighted by molar-refractivity contribution is -0.146. The van der Waals surface area contributed by atoms with Crippen LogP contribution in [0.4, 0.5) is 0 Å². The molecular weight excluding hydrogens is 280 g/mol. The van der Waals surface area contributed by atoms with E-state index in [4.69, 9.17) is 5.11 Å². The minimum atomic E-state index is -0.964. The van der Waals surface area contributed by atoms with Gasteiger partial charge in [-0.2, -0.15) is 0 Å². The van der Waals surface area contributed by atoms with E-state index < -0.39 is 11.4 Å². The molecule has 7 nitrogen and oxygen atoms in total. The fourth-order valence-corrected chi connectivity index (χ4v) is 2.33. The molecule has 1 aliphatic rings. The molecule has 1 aromatic heterocycles. The molecule has 20 heavy (non-hydrogen) atoms. The summed E-state index contributed by atoms with van der Waals surface area (Å²) < 4.78 is 1.99. The lowest BCUT2D eigenvalue weighted by atomic mass is 9.94. The summed E-state index contributed by atoms with van der Waals surface area (Å²) in [5, 5.41) is 20.2. The number of hydrogen-bond donors (Lipinski definition) is 2. The Morgan fingerprint density at radius 1 is 1.55 bits per heavy atom. The molecule has 2 rings (SSSR count). The predicted octanol–water partition coefficient (Wildman–Crippen LogP) is 0.932. The predicted molar refractivity (Wildman–Crippen MR) is 73.4 cm³/mol. The second-order valence-corrected chi connectivity index (χ2v) is 6.45. The molecule has 2 N–H and O–H groups in total. The summed E-state index contributed by atoms with van der Waals surface area (Å²) in [6.45, 7) is 3.26. The van der Waals surface area contributed by atoms with Crippen molar-refractivity contribution >= 4 is 23.6 Å². The maximum Gasteiger partial charge on any atom is 0.310 e.